The Kier molecular flexibility index (Phi) is 3.86. The molecule has 1 aromatic heterocycles. The molecule has 6 nitrogen and oxygen atoms in total. The Morgan fingerprint density at radius 2 is 2.12 bits per heavy atom. The molecule has 1 spiro atoms. The van der Waals surface area contributed by atoms with Gasteiger partial charge in [0, 0.05) is 25.7 Å². The standard InChI is InChI=1S/C18H19NO5/c20-16(15-9-12-3-1-2-4-14(12)17(21)24-15)19-13-5-7-23-18(10-13)6-8-22-11-18/h1-4,9,13H,5-8,10-11H2,(H,19,20)/t13-,18+/m1/s1. The normalized spacial score (nSPS) is 26.8. The third-order valence-corrected chi connectivity index (χ3v) is 4.79. The first-order chi connectivity index (χ1) is 11.7. The summed E-state index contributed by atoms with van der Waals surface area (Å²) in [6.07, 6.45) is 2.31. The first-order valence-corrected chi connectivity index (χ1v) is 8.21. The second-order valence-corrected chi connectivity index (χ2v) is 6.48. The zero-order valence-electron chi connectivity index (χ0n) is 13.2. The van der Waals surface area contributed by atoms with Crippen LogP contribution in [0.15, 0.2) is 39.5 Å². The van der Waals surface area contributed by atoms with Gasteiger partial charge in [-0.3, -0.25) is 4.79 Å². The molecule has 2 fully saturated rings. The number of nitrogens with one attached hydrogen (secondary N) is 1. The molecule has 0 saturated carbocycles. The lowest BCUT2D eigenvalue weighted by Crippen LogP contribution is -2.49. The number of carbonyl (C=O) groups is 1. The van der Waals surface area contributed by atoms with E-state index in [0.717, 1.165) is 19.3 Å². The molecule has 0 aliphatic carbocycles. The van der Waals surface area contributed by atoms with Crippen LogP contribution in [0.4, 0.5) is 0 Å². The summed E-state index contributed by atoms with van der Waals surface area (Å²) in [5.41, 5.74) is -0.772. The van der Waals surface area contributed by atoms with Crippen molar-refractivity contribution in [3.63, 3.8) is 0 Å². The summed E-state index contributed by atoms with van der Waals surface area (Å²) in [5.74, 6) is -0.319. The van der Waals surface area contributed by atoms with E-state index < -0.39 is 5.63 Å². The molecule has 1 amide bonds. The number of rotatable bonds is 2. The average molecular weight is 329 g/mol. The molecule has 4 rings (SSSR count). The SMILES string of the molecule is O=C(N[C@@H]1CCO[C@@]2(CCOC2)C1)c1cc2ccccc2c(=O)o1. The van der Waals surface area contributed by atoms with Crippen molar-refractivity contribution in [3.05, 3.63) is 46.5 Å². The van der Waals surface area contributed by atoms with Gasteiger partial charge in [0.1, 0.15) is 0 Å². The number of fused-ring (bicyclic) bond motifs is 1. The molecule has 0 bridgehead atoms. The van der Waals surface area contributed by atoms with E-state index in [0.29, 0.717) is 30.6 Å². The zero-order chi connectivity index (χ0) is 16.6. The average Bonchev–Trinajstić information content (AvgIpc) is 3.02. The van der Waals surface area contributed by atoms with Gasteiger partial charge in [0.05, 0.1) is 17.6 Å². The number of hydrogen-bond acceptors (Lipinski definition) is 5. The molecule has 2 aliphatic heterocycles. The lowest BCUT2D eigenvalue weighted by atomic mass is 9.89. The van der Waals surface area contributed by atoms with Crippen LogP contribution >= 0.6 is 0 Å². The van der Waals surface area contributed by atoms with E-state index >= 15 is 0 Å². The topological polar surface area (TPSA) is 77.8 Å². The van der Waals surface area contributed by atoms with Crippen molar-refractivity contribution < 1.29 is 18.7 Å². The van der Waals surface area contributed by atoms with Crippen LogP contribution in [0, 0.1) is 0 Å². The third kappa shape index (κ3) is 2.83. The Bertz CT molecular complexity index is 822. The van der Waals surface area contributed by atoms with Gasteiger partial charge >= 0.3 is 5.63 Å². The monoisotopic (exact) mass is 329 g/mol. The summed E-state index contributed by atoms with van der Waals surface area (Å²) in [5, 5.41) is 4.15. The lowest BCUT2D eigenvalue weighted by molar-refractivity contribution is -0.0881. The smallest absolute Gasteiger partial charge is 0.344 e. The summed E-state index contributed by atoms with van der Waals surface area (Å²) >= 11 is 0. The van der Waals surface area contributed by atoms with Gasteiger partial charge in [0.15, 0.2) is 5.76 Å². The maximum absolute atomic E-state index is 12.5. The Morgan fingerprint density at radius 1 is 1.25 bits per heavy atom. The molecule has 1 aromatic carbocycles. The van der Waals surface area contributed by atoms with Crippen LogP contribution in [0.1, 0.15) is 29.8 Å². The molecule has 6 heteroatoms. The van der Waals surface area contributed by atoms with E-state index in [1.165, 1.54) is 0 Å². The minimum atomic E-state index is -0.495. The highest BCUT2D eigenvalue weighted by molar-refractivity contribution is 5.95. The molecule has 24 heavy (non-hydrogen) atoms. The van der Waals surface area contributed by atoms with E-state index in [4.69, 9.17) is 13.9 Å². The first kappa shape index (κ1) is 15.4. The Labute approximate surface area is 138 Å². The van der Waals surface area contributed by atoms with Crippen LogP contribution in [0.5, 0.6) is 0 Å². The van der Waals surface area contributed by atoms with Crippen LogP contribution in [-0.2, 0) is 9.47 Å². The highest BCUT2D eigenvalue weighted by atomic mass is 16.6. The zero-order valence-corrected chi connectivity index (χ0v) is 13.2. The van der Waals surface area contributed by atoms with E-state index in [-0.39, 0.29) is 23.3 Å². The number of hydrogen-bond donors (Lipinski definition) is 1. The molecular weight excluding hydrogens is 310 g/mol. The first-order valence-electron chi connectivity index (χ1n) is 8.21. The second-order valence-electron chi connectivity index (χ2n) is 6.48. The number of carbonyl (C=O) groups excluding carboxylic acids is 1. The van der Waals surface area contributed by atoms with E-state index in [2.05, 4.69) is 5.32 Å². The predicted octanol–water partition coefficient (Wildman–Crippen LogP) is 1.86. The molecule has 0 unspecified atom stereocenters. The largest absolute Gasteiger partial charge is 0.417 e. The molecule has 0 radical (unpaired) electrons. The summed E-state index contributed by atoms with van der Waals surface area (Å²) < 4.78 is 16.5. The van der Waals surface area contributed by atoms with Gasteiger partial charge in [-0.15, -0.1) is 0 Å². The van der Waals surface area contributed by atoms with Gasteiger partial charge in [-0.05, 0) is 30.4 Å². The van der Waals surface area contributed by atoms with E-state index in [1.54, 1.807) is 24.3 Å². The van der Waals surface area contributed by atoms with Crippen LogP contribution < -0.4 is 10.9 Å². The minimum absolute atomic E-state index is 0.00952. The third-order valence-electron chi connectivity index (χ3n) is 4.79. The van der Waals surface area contributed by atoms with Crippen molar-refractivity contribution >= 4 is 16.7 Å². The van der Waals surface area contributed by atoms with Crippen molar-refractivity contribution in [2.75, 3.05) is 19.8 Å². The van der Waals surface area contributed by atoms with Gasteiger partial charge < -0.3 is 19.2 Å². The highest BCUT2D eigenvalue weighted by Crippen LogP contribution is 2.32. The minimum Gasteiger partial charge on any atom is -0.417 e. The fourth-order valence-corrected chi connectivity index (χ4v) is 3.52. The molecule has 126 valence electrons. The summed E-state index contributed by atoms with van der Waals surface area (Å²) in [6.45, 7) is 1.86. The molecule has 2 aliphatic rings. The molecule has 3 heterocycles. The predicted molar refractivity (Wildman–Crippen MR) is 87.1 cm³/mol. The molecular formula is C18H19NO5. The Hall–Kier alpha value is -2.18. The molecule has 1 N–H and O–H groups in total. The van der Waals surface area contributed by atoms with Crippen LogP contribution in [0.25, 0.3) is 10.8 Å². The molecule has 2 aromatic rings. The fraction of sp³-hybridized carbons (Fsp3) is 0.444. The Morgan fingerprint density at radius 3 is 2.96 bits per heavy atom. The summed E-state index contributed by atoms with van der Waals surface area (Å²) in [6, 6.07) is 8.67. The number of amides is 1. The van der Waals surface area contributed by atoms with Crippen molar-refractivity contribution in [2.45, 2.75) is 30.9 Å². The summed E-state index contributed by atoms with van der Waals surface area (Å²) in [7, 11) is 0. The van der Waals surface area contributed by atoms with Crippen molar-refractivity contribution in [1.82, 2.24) is 5.32 Å². The van der Waals surface area contributed by atoms with Gasteiger partial charge in [-0.2, -0.15) is 0 Å². The maximum Gasteiger partial charge on any atom is 0.344 e. The number of ether oxygens (including phenoxy) is 2. The van der Waals surface area contributed by atoms with Crippen molar-refractivity contribution in [1.29, 1.82) is 0 Å². The van der Waals surface area contributed by atoms with E-state index in [9.17, 15) is 9.59 Å². The molecule has 2 atom stereocenters. The van der Waals surface area contributed by atoms with Crippen LogP contribution in [0.3, 0.4) is 0 Å². The van der Waals surface area contributed by atoms with Crippen LogP contribution in [-0.4, -0.2) is 37.4 Å². The lowest BCUT2D eigenvalue weighted by Gasteiger charge is -2.37. The summed E-state index contributed by atoms with van der Waals surface area (Å²) in [4.78, 5) is 24.5. The van der Waals surface area contributed by atoms with Gasteiger partial charge in [-0.1, -0.05) is 18.2 Å². The quantitative estimate of drug-likeness (QED) is 0.910. The fourth-order valence-electron chi connectivity index (χ4n) is 3.52. The number of benzene rings is 1. The van der Waals surface area contributed by atoms with Gasteiger partial charge in [0.2, 0.25) is 0 Å². The molecule has 2 saturated heterocycles. The van der Waals surface area contributed by atoms with E-state index in [1.807, 2.05) is 6.07 Å². The second kappa shape index (κ2) is 6.03. The Balaban J connectivity index is 1.53. The highest BCUT2D eigenvalue weighted by Gasteiger charge is 2.41. The van der Waals surface area contributed by atoms with Crippen molar-refractivity contribution in [3.8, 4) is 0 Å². The van der Waals surface area contributed by atoms with Gasteiger partial charge in [0.25, 0.3) is 5.91 Å². The maximum atomic E-state index is 12.5. The van der Waals surface area contributed by atoms with Gasteiger partial charge in [-0.25, -0.2) is 4.79 Å². The van der Waals surface area contributed by atoms with Crippen molar-refractivity contribution in [2.24, 2.45) is 0 Å². The van der Waals surface area contributed by atoms with Crippen LogP contribution in [0.2, 0.25) is 0 Å².